The molecule has 2 aliphatic heterocycles. The highest BCUT2D eigenvalue weighted by molar-refractivity contribution is 6.24. The molecule has 1 fully saturated rings. The number of rotatable bonds is 6. The molecule has 2 heterocycles. The fourth-order valence-electron chi connectivity index (χ4n) is 4.66. The summed E-state index contributed by atoms with van der Waals surface area (Å²) in [5, 5.41) is 2.98. The predicted octanol–water partition coefficient (Wildman–Crippen LogP) is 4.60. The van der Waals surface area contributed by atoms with Gasteiger partial charge in [0.2, 0.25) is 11.8 Å². The van der Waals surface area contributed by atoms with Crippen molar-refractivity contribution in [2.24, 2.45) is 4.99 Å². The van der Waals surface area contributed by atoms with Gasteiger partial charge in [0.25, 0.3) is 0 Å². The van der Waals surface area contributed by atoms with Crippen molar-refractivity contribution in [3.63, 3.8) is 0 Å². The van der Waals surface area contributed by atoms with E-state index in [1.165, 1.54) is 0 Å². The summed E-state index contributed by atoms with van der Waals surface area (Å²) < 4.78 is 0. The predicted molar refractivity (Wildman–Crippen MR) is 136 cm³/mol. The standard InChI is InChI=1S/C28H28N4O2/c1-31(25(33)19-32-17-7-8-18-32)22-15-13-21(14-16-22)29-27(20-9-3-2-4-10-20)26-23-11-5-6-12-24(23)30-28(26)34/h2-6,9-16,26H,7-8,17-19H2,1H3,(H,30,34). The quantitative estimate of drug-likeness (QED) is 0.556. The number of nitrogens with one attached hydrogen (secondary N) is 1. The summed E-state index contributed by atoms with van der Waals surface area (Å²) in [4.78, 5) is 34.5. The van der Waals surface area contributed by atoms with Gasteiger partial charge >= 0.3 is 0 Å². The number of benzene rings is 3. The van der Waals surface area contributed by atoms with Gasteiger partial charge in [-0.3, -0.25) is 19.5 Å². The van der Waals surface area contributed by atoms with Crippen molar-refractivity contribution in [2.45, 2.75) is 18.8 Å². The van der Waals surface area contributed by atoms with E-state index in [0.29, 0.717) is 12.3 Å². The Labute approximate surface area is 199 Å². The maximum Gasteiger partial charge on any atom is 0.240 e. The summed E-state index contributed by atoms with van der Waals surface area (Å²) in [5.74, 6) is -0.474. The van der Waals surface area contributed by atoms with E-state index in [4.69, 9.17) is 4.99 Å². The van der Waals surface area contributed by atoms with Crippen molar-refractivity contribution in [1.29, 1.82) is 0 Å². The molecule has 0 aliphatic carbocycles. The molecule has 3 aromatic carbocycles. The van der Waals surface area contributed by atoms with Gasteiger partial charge in [-0.15, -0.1) is 0 Å². The largest absolute Gasteiger partial charge is 0.325 e. The monoisotopic (exact) mass is 452 g/mol. The second-order valence-electron chi connectivity index (χ2n) is 8.82. The number of hydrogen-bond donors (Lipinski definition) is 1. The Bertz CT molecular complexity index is 1210. The van der Waals surface area contributed by atoms with E-state index in [-0.39, 0.29) is 11.8 Å². The average molecular weight is 453 g/mol. The van der Waals surface area contributed by atoms with Crippen LogP contribution in [0.2, 0.25) is 0 Å². The van der Waals surface area contributed by atoms with E-state index in [0.717, 1.165) is 54.1 Å². The summed E-state index contributed by atoms with van der Waals surface area (Å²) >= 11 is 0. The first-order chi connectivity index (χ1) is 16.6. The van der Waals surface area contributed by atoms with Crippen molar-refractivity contribution < 1.29 is 9.59 Å². The Morgan fingerprint density at radius 1 is 0.971 bits per heavy atom. The number of nitrogens with zero attached hydrogens (tertiary/aromatic N) is 3. The van der Waals surface area contributed by atoms with Crippen molar-refractivity contribution in [3.8, 4) is 0 Å². The topological polar surface area (TPSA) is 65.0 Å². The fraction of sp³-hybridized carbons (Fsp3) is 0.250. The van der Waals surface area contributed by atoms with Gasteiger partial charge < -0.3 is 10.2 Å². The lowest BCUT2D eigenvalue weighted by molar-refractivity contribution is -0.119. The summed E-state index contributed by atoms with van der Waals surface area (Å²) in [6.45, 7) is 2.44. The zero-order valence-corrected chi connectivity index (χ0v) is 19.3. The number of carbonyl (C=O) groups excluding carboxylic acids is 2. The molecule has 172 valence electrons. The Morgan fingerprint density at radius 3 is 2.38 bits per heavy atom. The molecule has 2 aliphatic rings. The summed E-state index contributed by atoms with van der Waals surface area (Å²) in [6, 6.07) is 25.2. The van der Waals surface area contributed by atoms with E-state index in [1.807, 2.05) is 85.9 Å². The third kappa shape index (κ3) is 4.50. The second kappa shape index (κ2) is 9.61. The normalized spacial score (nSPS) is 18.0. The molecule has 0 spiro atoms. The molecule has 0 bridgehead atoms. The molecule has 5 rings (SSSR count). The number of likely N-dealkylation sites (tertiary alicyclic amines) is 1. The number of amides is 2. The van der Waals surface area contributed by atoms with Crippen molar-refractivity contribution in [1.82, 2.24) is 4.90 Å². The van der Waals surface area contributed by atoms with Crippen molar-refractivity contribution in [2.75, 3.05) is 36.9 Å². The molecule has 1 N–H and O–H groups in total. The SMILES string of the molecule is CN(C(=O)CN1CCCC1)c1ccc(N=C(c2ccccc2)C2C(=O)Nc3ccccc32)cc1. The van der Waals surface area contributed by atoms with E-state index in [9.17, 15) is 9.59 Å². The van der Waals surface area contributed by atoms with Crippen LogP contribution in [0, 0.1) is 0 Å². The molecular formula is C28H28N4O2. The number of anilines is 2. The molecule has 1 unspecified atom stereocenters. The number of hydrogen-bond acceptors (Lipinski definition) is 4. The number of carbonyl (C=O) groups is 2. The fourth-order valence-corrected chi connectivity index (χ4v) is 4.66. The molecule has 6 nitrogen and oxygen atoms in total. The molecule has 0 radical (unpaired) electrons. The van der Waals surface area contributed by atoms with Gasteiger partial charge in [-0.05, 0) is 67.4 Å². The van der Waals surface area contributed by atoms with Gasteiger partial charge in [0.1, 0.15) is 5.92 Å². The lowest BCUT2D eigenvalue weighted by atomic mass is 9.90. The number of para-hydroxylation sites is 1. The van der Waals surface area contributed by atoms with Crippen LogP contribution in [0.3, 0.4) is 0 Å². The summed E-state index contributed by atoms with van der Waals surface area (Å²) in [5.41, 5.74) is 4.93. The lowest BCUT2D eigenvalue weighted by Gasteiger charge is -2.21. The van der Waals surface area contributed by atoms with Crippen LogP contribution in [0.15, 0.2) is 83.9 Å². The first-order valence-corrected chi connectivity index (χ1v) is 11.7. The van der Waals surface area contributed by atoms with Gasteiger partial charge in [0, 0.05) is 18.4 Å². The van der Waals surface area contributed by atoms with Crippen LogP contribution in [0.25, 0.3) is 0 Å². The van der Waals surface area contributed by atoms with Gasteiger partial charge in [-0.1, -0.05) is 48.5 Å². The van der Waals surface area contributed by atoms with E-state index < -0.39 is 5.92 Å². The third-order valence-electron chi connectivity index (χ3n) is 6.55. The van der Waals surface area contributed by atoms with Crippen LogP contribution < -0.4 is 10.2 Å². The molecule has 0 saturated carbocycles. The minimum atomic E-state index is -0.483. The first-order valence-electron chi connectivity index (χ1n) is 11.7. The number of aliphatic imine (C=N–C) groups is 1. The maximum absolute atomic E-state index is 13.0. The number of fused-ring (bicyclic) bond motifs is 1. The Morgan fingerprint density at radius 2 is 1.65 bits per heavy atom. The third-order valence-corrected chi connectivity index (χ3v) is 6.55. The second-order valence-corrected chi connectivity index (χ2v) is 8.82. The van der Waals surface area contributed by atoms with Gasteiger partial charge in [-0.25, -0.2) is 0 Å². The van der Waals surface area contributed by atoms with Crippen molar-refractivity contribution >= 4 is 34.6 Å². The Balaban J connectivity index is 1.43. The zero-order valence-electron chi connectivity index (χ0n) is 19.3. The highest BCUT2D eigenvalue weighted by Crippen LogP contribution is 2.36. The molecule has 3 aromatic rings. The van der Waals surface area contributed by atoms with Gasteiger partial charge in [-0.2, -0.15) is 0 Å². The van der Waals surface area contributed by atoms with Crippen molar-refractivity contribution in [3.05, 3.63) is 90.0 Å². The van der Waals surface area contributed by atoms with Crippen LogP contribution in [0.1, 0.15) is 29.9 Å². The minimum absolute atomic E-state index is 0.0762. The highest BCUT2D eigenvalue weighted by atomic mass is 16.2. The zero-order chi connectivity index (χ0) is 23.5. The first kappa shape index (κ1) is 22.0. The minimum Gasteiger partial charge on any atom is -0.325 e. The summed E-state index contributed by atoms with van der Waals surface area (Å²) in [6.07, 6.45) is 2.33. The van der Waals surface area contributed by atoms with Crippen LogP contribution >= 0.6 is 0 Å². The molecule has 1 saturated heterocycles. The number of likely N-dealkylation sites (N-methyl/N-ethyl adjacent to an activating group) is 1. The molecule has 0 aromatic heterocycles. The summed E-state index contributed by atoms with van der Waals surface area (Å²) in [7, 11) is 1.81. The van der Waals surface area contributed by atoms with Gasteiger partial charge in [0.05, 0.1) is 17.9 Å². The highest BCUT2D eigenvalue weighted by Gasteiger charge is 2.35. The van der Waals surface area contributed by atoms with Crippen LogP contribution in [-0.2, 0) is 9.59 Å². The maximum atomic E-state index is 13.0. The van der Waals surface area contributed by atoms with Crippen LogP contribution in [-0.4, -0.2) is 49.1 Å². The van der Waals surface area contributed by atoms with Crippen LogP contribution in [0.4, 0.5) is 17.1 Å². The average Bonchev–Trinajstić information content (AvgIpc) is 3.50. The molecule has 34 heavy (non-hydrogen) atoms. The van der Waals surface area contributed by atoms with E-state index in [1.54, 1.807) is 4.90 Å². The smallest absolute Gasteiger partial charge is 0.240 e. The lowest BCUT2D eigenvalue weighted by Crippen LogP contribution is -2.37. The van der Waals surface area contributed by atoms with Gasteiger partial charge in [0.15, 0.2) is 0 Å². The Kier molecular flexibility index (Phi) is 6.23. The molecule has 1 atom stereocenters. The van der Waals surface area contributed by atoms with Crippen LogP contribution in [0.5, 0.6) is 0 Å². The molecule has 6 heteroatoms. The van der Waals surface area contributed by atoms with E-state index >= 15 is 0 Å². The van der Waals surface area contributed by atoms with E-state index in [2.05, 4.69) is 10.2 Å². The molecular weight excluding hydrogens is 424 g/mol. The molecule has 2 amide bonds. The Hall–Kier alpha value is -3.77.